The molecular weight excluding hydrogens is 408 g/mol. The number of fused-ring (bicyclic) bond motifs is 1. The summed E-state index contributed by atoms with van der Waals surface area (Å²) < 4.78 is 3.23. The number of anilines is 3. The first-order valence-electron chi connectivity index (χ1n) is 11.1. The van der Waals surface area contributed by atoms with Crippen LogP contribution < -0.4 is 16.2 Å². The molecule has 4 rings (SSSR count). The lowest BCUT2D eigenvalue weighted by Gasteiger charge is -2.25. The number of pyridine rings is 1. The zero-order chi connectivity index (χ0) is 22.8. The van der Waals surface area contributed by atoms with Gasteiger partial charge in [-0.1, -0.05) is 6.42 Å². The number of Topliss-reactive ketones (excluding diaryl/α,β-unsaturated/α-hetero) is 1. The number of hydrogen-bond donors (Lipinski definition) is 3. The van der Waals surface area contributed by atoms with Gasteiger partial charge in [-0.15, -0.1) is 0 Å². The average Bonchev–Trinajstić information content (AvgIpc) is 3.18. The van der Waals surface area contributed by atoms with Crippen LogP contribution in [0, 0.1) is 5.92 Å². The first-order valence-corrected chi connectivity index (χ1v) is 11.1. The van der Waals surface area contributed by atoms with Crippen LogP contribution in [0.25, 0.3) is 5.65 Å². The number of nitrogens with zero attached hydrogens (tertiary/aromatic N) is 4. The largest absolute Gasteiger partial charge is 0.393 e. The van der Waals surface area contributed by atoms with Crippen molar-refractivity contribution in [1.29, 1.82) is 0 Å². The lowest BCUT2D eigenvalue weighted by Crippen LogP contribution is -2.23. The quantitative estimate of drug-likeness (QED) is 0.485. The first kappa shape index (κ1) is 22.0. The number of aliphatic hydroxyl groups is 1. The standard InChI is InChI=1S/C23H30N6O3/c1-14(2)28-9-5-8-18(23(28)32)26-20-12-21(24-3)29-22(27-20)17(13-25-29)19(31)11-15-6-4-7-16(30)10-15/h5,8-9,12-16,24,30H,4,6-7,10-11H2,1-3H3,(H,26,27)/t15?,16-/m0/s1. The molecule has 32 heavy (non-hydrogen) atoms. The van der Waals surface area contributed by atoms with Crippen molar-refractivity contribution in [2.75, 3.05) is 17.7 Å². The van der Waals surface area contributed by atoms with Gasteiger partial charge >= 0.3 is 0 Å². The van der Waals surface area contributed by atoms with Gasteiger partial charge in [-0.2, -0.15) is 9.61 Å². The zero-order valence-electron chi connectivity index (χ0n) is 18.7. The summed E-state index contributed by atoms with van der Waals surface area (Å²) in [4.78, 5) is 30.5. The molecule has 1 fully saturated rings. The number of nitrogens with one attached hydrogen (secondary N) is 2. The molecule has 170 valence electrons. The van der Waals surface area contributed by atoms with Crippen LogP contribution in [0.1, 0.15) is 62.4 Å². The predicted octanol–water partition coefficient (Wildman–Crippen LogP) is 3.38. The third-order valence-corrected chi connectivity index (χ3v) is 6.05. The fraction of sp³-hybridized carbons (Fsp3) is 0.478. The molecule has 1 aliphatic carbocycles. The highest BCUT2D eigenvalue weighted by Gasteiger charge is 2.25. The van der Waals surface area contributed by atoms with Crippen molar-refractivity contribution in [1.82, 2.24) is 19.2 Å². The predicted molar refractivity (Wildman–Crippen MR) is 124 cm³/mol. The second-order valence-corrected chi connectivity index (χ2v) is 8.74. The fourth-order valence-corrected chi connectivity index (χ4v) is 4.37. The molecular formula is C23H30N6O3. The van der Waals surface area contributed by atoms with Crippen LogP contribution in [-0.2, 0) is 0 Å². The molecule has 0 aliphatic heterocycles. The van der Waals surface area contributed by atoms with Crippen LogP contribution in [0.5, 0.6) is 0 Å². The van der Waals surface area contributed by atoms with E-state index in [9.17, 15) is 14.7 Å². The SMILES string of the molecule is CNc1cc(Nc2cccn(C(C)C)c2=O)nc2c(C(=O)CC3CCC[C@H](O)C3)cnn12. The molecule has 3 heterocycles. The molecule has 9 heteroatoms. The van der Waals surface area contributed by atoms with Crippen LogP contribution in [-0.4, -0.2) is 43.2 Å². The summed E-state index contributed by atoms with van der Waals surface area (Å²) in [6.45, 7) is 3.90. The summed E-state index contributed by atoms with van der Waals surface area (Å²) in [7, 11) is 1.76. The van der Waals surface area contributed by atoms with Gasteiger partial charge in [0.25, 0.3) is 5.56 Å². The second-order valence-electron chi connectivity index (χ2n) is 8.74. The van der Waals surface area contributed by atoms with Crippen LogP contribution in [0.3, 0.4) is 0 Å². The molecule has 2 atom stereocenters. The van der Waals surface area contributed by atoms with Crippen molar-refractivity contribution in [2.24, 2.45) is 5.92 Å². The lowest BCUT2D eigenvalue weighted by atomic mass is 9.83. The minimum absolute atomic E-state index is 0.0323. The van der Waals surface area contributed by atoms with E-state index < -0.39 is 0 Å². The Balaban J connectivity index is 1.66. The van der Waals surface area contributed by atoms with Gasteiger partial charge in [0, 0.05) is 31.8 Å². The molecule has 9 nitrogen and oxygen atoms in total. The fourth-order valence-electron chi connectivity index (χ4n) is 4.37. The molecule has 0 spiro atoms. The van der Waals surface area contributed by atoms with E-state index in [1.165, 1.54) is 0 Å². The number of carbonyl (C=O) groups is 1. The number of rotatable bonds is 7. The van der Waals surface area contributed by atoms with Crippen molar-refractivity contribution in [3.05, 3.63) is 46.5 Å². The molecule has 0 radical (unpaired) electrons. The third kappa shape index (κ3) is 4.38. The van der Waals surface area contributed by atoms with E-state index in [-0.39, 0.29) is 29.4 Å². The van der Waals surface area contributed by atoms with Crippen LogP contribution >= 0.6 is 0 Å². The Morgan fingerprint density at radius 1 is 1.34 bits per heavy atom. The lowest BCUT2D eigenvalue weighted by molar-refractivity contribution is 0.0825. The van der Waals surface area contributed by atoms with Crippen molar-refractivity contribution in [2.45, 2.75) is 58.1 Å². The average molecular weight is 439 g/mol. The van der Waals surface area contributed by atoms with Gasteiger partial charge in [-0.3, -0.25) is 9.59 Å². The minimum atomic E-state index is -0.323. The maximum absolute atomic E-state index is 13.1. The summed E-state index contributed by atoms with van der Waals surface area (Å²) in [6, 6.07) is 5.30. The molecule has 1 saturated carbocycles. The molecule has 1 aliphatic rings. The van der Waals surface area contributed by atoms with E-state index in [0.29, 0.717) is 41.4 Å². The molecule has 3 aromatic heterocycles. The van der Waals surface area contributed by atoms with E-state index >= 15 is 0 Å². The molecule has 0 amide bonds. The van der Waals surface area contributed by atoms with Crippen LogP contribution in [0.2, 0.25) is 0 Å². The van der Waals surface area contributed by atoms with Crippen molar-refractivity contribution < 1.29 is 9.90 Å². The second kappa shape index (κ2) is 9.12. The first-order chi connectivity index (χ1) is 15.4. The number of hydrogen-bond acceptors (Lipinski definition) is 7. The number of aromatic nitrogens is 4. The van der Waals surface area contributed by atoms with Crippen molar-refractivity contribution in [3.63, 3.8) is 0 Å². The Morgan fingerprint density at radius 2 is 2.16 bits per heavy atom. The smallest absolute Gasteiger partial charge is 0.274 e. The number of ketones is 1. The number of aliphatic hydroxyl groups excluding tert-OH is 1. The minimum Gasteiger partial charge on any atom is -0.393 e. The Bertz CT molecular complexity index is 1180. The normalized spacial score (nSPS) is 18.8. The summed E-state index contributed by atoms with van der Waals surface area (Å²) in [5, 5.41) is 20.5. The van der Waals surface area contributed by atoms with E-state index in [4.69, 9.17) is 0 Å². The molecule has 1 unspecified atom stereocenters. The van der Waals surface area contributed by atoms with Gasteiger partial charge in [-0.25, -0.2) is 4.98 Å². The maximum atomic E-state index is 13.1. The highest BCUT2D eigenvalue weighted by molar-refractivity contribution is 6.01. The van der Waals surface area contributed by atoms with E-state index in [0.717, 1.165) is 19.3 Å². The van der Waals surface area contributed by atoms with E-state index in [1.54, 1.807) is 40.7 Å². The summed E-state index contributed by atoms with van der Waals surface area (Å²) >= 11 is 0. The molecule has 3 N–H and O–H groups in total. The van der Waals surface area contributed by atoms with Gasteiger partial charge in [0.1, 0.15) is 17.3 Å². The van der Waals surface area contributed by atoms with Crippen LogP contribution in [0.15, 0.2) is 35.4 Å². The Kier molecular flexibility index (Phi) is 6.27. The van der Waals surface area contributed by atoms with Crippen molar-refractivity contribution >= 4 is 28.8 Å². The van der Waals surface area contributed by atoms with Gasteiger partial charge in [0.15, 0.2) is 11.4 Å². The molecule has 0 aromatic carbocycles. The summed E-state index contributed by atoms with van der Waals surface area (Å²) in [5.74, 6) is 1.23. The van der Waals surface area contributed by atoms with Crippen molar-refractivity contribution in [3.8, 4) is 0 Å². The molecule has 0 bridgehead atoms. The molecule has 0 saturated heterocycles. The highest BCUT2D eigenvalue weighted by atomic mass is 16.3. The Hall–Kier alpha value is -3.20. The van der Waals surface area contributed by atoms with Gasteiger partial charge in [-0.05, 0) is 51.2 Å². The Labute approximate surface area is 186 Å². The Morgan fingerprint density at radius 3 is 2.88 bits per heavy atom. The maximum Gasteiger partial charge on any atom is 0.274 e. The van der Waals surface area contributed by atoms with E-state index in [1.807, 2.05) is 19.9 Å². The third-order valence-electron chi connectivity index (χ3n) is 6.05. The summed E-state index contributed by atoms with van der Waals surface area (Å²) in [5.41, 5.74) is 1.14. The summed E-state index contributed by atoms with van der Waals surface area (Å²) in [6.07, 6.45) is 6.69. The van der Waals surface area contributed by atoms with Gasteiger partial charge in [0.2, 0.25) is 0 Å². The number of carbonyl (C=O) groups excluding carboxylic acids is 1. The topological polar surface area (TPSA) is 114 Å². The van der Waals surface area contributed by atoms with Crippen LogP contribution in [0.4, 0.5) is 17.3 Å². The van der Waals surface area contributed by atoms with Gasteiger partial charge < -0.3 is 20.3 Å². The monoisotopic (exact) mass is 438 g/mol. The van der Waals surface area contributed by atoms with E-state index in [2.05, 4.69) is 20.7 Å². The zero-order valence-corrected chi connectivity index (χ0v) is 18.7. The molecule has 3 aromatic rings. The van der Waals surface area contributed by atoms with Gasteiger partial charge in [0.05, 0.1) is 17.9 Å². The highest BCUT2D eigenvalue weighted by Crippen LogP contribution is 2.29.